The van der Waals surface area contributed by atoms with Crippen LogP contribution in [0.4, 0.5) is 5.82 Å². The molecule has 1 unspecified atom stereocenters. The standard InChI is InChI=1S/C16H19N5OS/c1-8(14-20-10(3)22-21-14)17-15-13-11-6-4-5-7-12(11)23-16(13)19-9(2)18-15/h8H,4-7H2,1-3H3,(H,17,18,19). The Morgan fingerprint density at radius 2 is 1.96 bits per heavy atom. The monoisotopic (exact) mass is 329 g/mol. The predicted octanol–water partition coefficient (Wildman–Crippen LogP) is 3.74. The summed E-state index contributed by atoms with van der Waals surface area (Å²) in [5.41, 5.74) is 1.43. The average Bonchev–Trinajstić information content (AvgIpc) is 3.10. The first kappa shape index (κ1) is 14.6. The average molecular weight is 329 g/mol. The van der Waals surface area contributed by atoms with Crippen LogP contribution in [0, 0.1) is 13.8 Å². The molecule has 0 fully saturated rings. The first-order valence-electron chi connectivity index (χ1n) is 7.97. The lowest BCUT2D eigenvalue weighted by atomic mass is 9.97. The van der Waals surface area contributed by atoms with Crippen LogP contribution in [0.1, 0.15) is 53.8 Å². The topological polar surface area (TPSA) is 76.7 Å². The van der Waals surface area contributed by atoms with Crippen LogP contribution in [-0.2, 0) is 12.8 Å². The van der Waals surface area contributed by atoms with Crippen molar-refractivity contribution in [3.05, 3.63) is 28.0 Å². The maximum atomic E-state index is 5.08. The third-order valence-electron chi connectivity index (χ3n) is 4.21. The van der Waals surface area contributed by atoms with Gasteiger partial charge in [-0.2, -0.15) is 4.98 Å². The van der Waals surface area contributed by atoms with Crippen molar-refractivity contribution in [1.82, 2.24) is 20.1 Å². The van der Waals surface area contributed by atoms with Gasteiger partial charge in [0, 0.05) is 11.8 Å². The molecule has 0 saturated carbocycles. The first-order chi connectivity index (χ1) is 11.1. The van der Waals surface area contributed by atoms with E-state index in [0.29, 0.717) is 11.7 Å². The number of thiophene rings is 1. The van der Waals surface area contributed by atoms with Gasteiger partial charge in [0.15, 0.2) is 5.82 Å². The number of hydrogen-bond donors (Lipinski definition) is 1. The van der Waals surface area contributed by atoms with Gasteiger partial charge in [-0.15, -0.1) is 11.3 Å². The molecule has 1 atom stereocenters. The normalized spacial score (nSPS) is 15.6. The lowest BCUT2D eigenvalue weighted by molar-refractivity contribution is 0.385. The van der Waals surface area contributed by atoms with Crippen molar-refractivity contribution in [2.24, 2.45) is 0 Å². The van der Waals surface area contributed by atoms with Gasteiger partial charge in [0.2, 0.25) is 5.89 Å². The van der Waals surface area contributed by atoms with E-state index in [0.717, 1.165) is 29.3 Å². The van der Waals surface area contributed by atoms with Crippen molar-refractivity contribution in [3.63, 3.8) is 0 Å². The summed E-state index contributed by atoms with van der Waals surface area (Å²) in [5, 5.41) is 8.64. The number of nitrogens with zero attached hydrogens (tertiary/aromatic N) is 4. The number of aryl methyl sites for hydroxylation is 4. The fourth-order valence-electron chi connectivity index (χ4n) is 3.13. The van der Waals surface area contributed by atoms with Gasteiger partial charge in [-0.3, -0.25) is 0 Å². The zero-order chi connectivity index (χ0) is 16.0. The van der Waals surface area contributed by atoms with Crippen molar-refractivity contribution in [2.45, 2.75) is 52.5 Å². The Morgan fingerprint density at radius 3 is 2.74 bits per heavy atom. The Bertz CT molecular complexity index is 869. The lowest BCUT2D eigenvalue weighted by Crippen LogP contribution is -2.11. The Labute approximate surface area is 138 Å². The number of hydrogen-bond acceptors (Lipinski definition) is 7. The summed E-state index contributed by atoms with van der Waals surface area (Å²) in [6, 6.07) is -0.0657. The van der Waals surface area contributed by atoms with Gasteiger partial charge < -0.3 is 9.84 Å². The molecular formula is C16H19N5OS. The van der Waals surface area contributed by atoms with Crippen LogP contribution in [0.15, 0.2) is 4.52 Å². The zero-order valence-electron chi connectivity index (χ0n) is 13.5. The highest BCUT2D eigenvalue weighted by molar-refractivity contribution is 7.19. The lowest BCUT2D eigenvalue weighted by Gasteiger charge is -2.15. The molecule has 3 heterocycles. The van der Waals surface area contributed by atoms with Crippen molar-refractivity contribution in [3.8, 4) is 0 Å². The number of anilines is 1. The van der Waals surface area contributed by atoms with Gasteiger partial charge in [0.1, 0.15) is 16.5 Å². The molecule has 0 amide bonds. The van der Waals surface area contributed by atoms with Gasteiger partial charge in [-0.1, -0.05) is 5.16 Å². The maximum Gasteiger partial charge on any atom is 0.223 e. The van der Waals surface area contributed by atoms with Crippen LogP contribution >= 0.6 is 11.3 Å². The molecule has 0 spiro atoms. The molecule has 3 aromatic rings. The van der Waals surface area contributed by atoms with E-state index in [-0.39, 0.29) is 6.04 Å². The highest BCUT2D eigenvalue weighted by Gasteiger charge is 2.22. The summed E-state index contributed by atoms with van der Waals surface area (Å²) in [6.07, 6.45) is 4.79. The van der Waals surface area contributed by atoms with E-state index >= 15 is 0 Å². The summed E-state index contributed by atoms with van der Waals surface area (Å²) in [6.45, 7) is 5.75. The Morgan fingerprint density at radius 1 is 1.13 bits per heavy atom. The van der Waals surface area contributed by atoms with E-state index in [1.54, 1.807) is 6.92 Å². The molecular weight excluding hydrogens is 310 g/mol. The van der Waals surface area contributed by atoms with Crippen LogP contribution in [0.5, 0.6) is 0 Å². The maximum absolute atomic E-state index is 5.08. The second-order valence-corrected chi connectivity index (χ2v) is 7.13. The molecule has 0 bridgehead atoms. The Kier molecular flexibility index (Phi) is 3.52. The molecule has 0 aliphatic heterocycles. The van der Waals surface area contributed by atoms with E-state index in [1.807, 2.05) is 25.2 Å². The smallest absolute Gasteiger partial charge is 0.223 e. The van der Waals surface area contributed by atoms with Crippen molar-refractivity contribution >= 4 is 27.4 Å². The zero-order valence-corrected chi connectivity index (χ0v) is 14.3. The molecule has 1 aliphatic carbocycles. The minimum atomic E-state index is -0.0657. The van der Waals surface area contributed by atoms with Crippen LogP contribution in [0.25, 0.3) is 10.2 Å². The molecule has 1 N–H and O–H groups in total. The SMILES string of the molecule is Cc1nc(NC(C)c2noc(C)n2)c2c3c(sc2n1)CCCC3. The largest absolute Gasteiger partial charge is 0.360 e. The van der Waals surface area contributed by atoms with Gasteiger partial charge in [0.05, 0.1) is 11.4 Å². The Hall–Kier alpha value is -2.02. The third-order valence-corrected chi connectivity index (χ3v) is 5.40. The fraction of sp³-hybridized carbons (Fsp3) is 0.500. The quantitative estimate of drug-likeness (QED) is 0.789. The van der Waals surface area contributed by atoms with E-state index in [9.17, 15) is 0 Å². The molecule has 0 radical (unpaired) electrons. The van der Waals surface area contributed by atoms with Crippen LogP contribution in [0.3, 0.4) is 0 Å². The van der Waals surface area contributed by atoms with Crippen LogP contribution in [-0.4, -0.2) is 20.1 Å². The highest BCUT2D eigenvalue weighted by Crippen LogP contribution is 2.39. The molecule has 6 nitrogen and oxygen atoms in total. The molecule has 7 heteroatoms. The summed E-state index contributed by atoms with van der Waals surface area (Å²) in [5.74, 6) is 2.90. The highest BCUT2D eigenvalue weighted by atomic mass is 32.1. The Balaban J connectivity index is 1.77. The molecule has 23 heavy (non-hydrogen) atoms. The fourth-order valence-corrected chi connectivity index (χ4v) is 4.44. The summed E-state index contributed by atoms with van der Waals surface area (Å²) in [7, 11) is 0. The number of aromatic nitrogens is 4. The molecule has 3 aromatic heterocycles. The van der Waals surface area contributed by atoms with E-state index in [4.69, 9.17) is 4.52 Å². The number of rotatable bonds is 3. The summed E-state index contributed by atoms with van der Waals surface area (Å²) in [4.78, 5) is 16.2. The molecule has 1 aliphatic rings. The van der Waals surface area contributed by atoms with Gasteiger partial charge in [-0.25, -0.2) is 9.97 Å². The molecule has 120 valence electrons. The second kappa shape index (κ2) is 5.56. The van der Waals surface area contributed by atoms with Crippen molar-refractivity contribution in [1.29, 1.82) is 0 Å². The number of fused-ring (bicyclic) bond motifs is 3. The predicted molar refractivity (Wildman–Crippen MR) is 89.9 cm³/mol. The minimum absolute atomic E-state index is 0.0657. The summed E-state index contributed by atoms with van der Waals surface area (Å²) < 4.78 is 5.08. The third kappa shape index (κ3) is 2.59. The minimum Gasteiger partial charge on any atom is -0.360 e. The van der Waals surface area contributed by atoms with Gasteiger partial charge in [-0.05, 0) is 45.1 Å². The van der Waals surface area contributed by atoms with Gasteiger partial charge in [0.25, 0.3) is 0 Å². The van der Waals surface area contributed by atoms with Crippen molar-refractivity contribution in [2.75, 3.05) is 5.32 Å². The summed E-state index contributed by atoms with van der Waals surface area (Å²) >= 11 is 1.81. The van der Waals surface area contributed by atoms with Crippen LogP contribution in [0.2, 0.25) is 0 Å². The van der Waals surface area contributed by atoms with E-state index in [2.05, 4.69) is 25.4 Å². The molecule has 0 saturated heterocycles. The molecule has 0 aromatic carbocycles. The van der Waals surface area contributed by atoms with E-state index in [1.165, 1.54) is 28.7 Å². The van der Waals surface area contributed by atoms with E-state index < -0.39 is 0 Å². The number of nitrogens with one attached hydrogen (secondary N) is 1. The van der Waals surface area contributed by atoms with Gasteiger partial charge >= 0.3 is 0 Å². The van der Waals surface area contributed by atoms with Crippen molar-refractivity contribution < 1.29 is 4.52 Å². The first-order valence-corrected chi connectivity index (χ1v) is 8.79. The second-order valence-electron chi connectivity index (χ2n) is 6.05. The molecule has 4 rings (SSSR count). The van der Waals surface area contributed by atoms with Crippen LogP contribution < -0.4 is 5.32 Å².